The average molecular weight is 563 g/mol. The standard InChI is InChI=1S/C25H21Cl2F5N2O3/c1-23(2,3)10-18-24(11-33,14-6-5-13(26)9-17(14)29)19(12-4-7-16(28)15(27)8-12)20(34-18)21(35)37-22(36)25(30,31)32/h4-9,18-20,34H,10H2,1-3H3/t18-,19-,20+,24-/m0/s1. The van der Waals surface area contributed by atoms with E-state index < -0.39 is 63.6 Å². The molecule has 0 bridgehead atoms. The van der Waals surface area contributed by atoms with E-state index in [-0.39, 0.29) is 22.6 Å². The number of rotatable bonds is 4. The molecule has 0 radical (unpaired) electrons. The second-order valence-corrected chi connectivity index (χ2v) is 10.8. The number of benzene rings is 2. The van der Waals surface area contributed by atoms with Crippen LogP contribution in [-0.2, 0) is 19.7 Å². The van der Waals surface area contributed by atoms with Gasteiger partial charge in [-0.05, 0) is 41.7 Å². The molecule has 3 rings (SSSR count). The molecule has 198 valence electrons. The molecule has 1 aliphatic rings. The third-order valence-electron chi connectivity index (χ3n) is 6.11. The van der Waals surface area contributed by atoms with Crippen LogP contribution in [0.4, 0.5) is 22.0 Å². The number of esters is 2. The molecule has 12 heteroatoms. The van der Waals surface area contributed by atoms with Gasteiger partial charge in [-0.15, -0.1) is 0 Å². The van der Waals surface area contributed by atoms with Crippen LogP contribution in [0.15, 0.2) is 36.4 Å². The summed E-state index contributed by atoms with van der Waals surface area (Å²) in [6, 6.07) is 6.03. The summed E-state index contributed by atoms with van der Waals surface area (Å²) in [6.07, 6.45) is -5.34. The van der Waals surface area contributed by atoms with Gasteiger partial charge in [0.15, 0.2) is 0 Å². The van der Waals surface area contributed by atoms with Crippen LogP contribution in [0.5, 0.6) is 0 Å². The maximum atomic E-state index is 15.4. The third-order valence-corrected chi connectivity index (χ3v) is 6.64. The van der Waals surface area contributed by atoms with Gasteiger partial charge >= 0.3 is 18.1 Å². The Morgan fingerprint density at radius 3 is 2.24 bits per heavy atom. The lowest BCUT2D eigenvalue weighted by atomic mass is 9.63. The molecule has 0 aromatic heterocycles. The molecular weight excluding hydrogens is 542 g/mol. The molecule has 2 aromatic carbocycles. The van der Waals surface area contributed by atoms with Crippen molar-refractivity contribution in [2.45, 2.75) is 56.8 Å². The number of halogens is 7. The minimum Gasteiger partial charge on any atom is -0.385 e. The Bertz CT molecular complexity index is 1270. The monoisotopic (exact) mass is 562 g/mol. The van der Waals surface area contributed by atoms with E-state index in [0.717, 1.165) is 18.2 Å². The van der Waals surface area contributed by atoms with Gasteiger partial charge in [0.2, 0.25) is 0 Å². The topological polar surface area (TPSA) is 79.2 Å². The van der Waals surface area contributed by atoms with E-state index in [9.17, 15) is 32.4 Å². The van der Waals surface area contributed by atoms with Crippen molar-refractivity contribution >= 4 is 35.1 Å². The lowest BCUT2D eigenvalue weighted by Gasteiger charge is -2.37. The van der Waals surface area contributed by atoms with Crippen molar-refractivity contribution in [1.82, 2.24) is 5.32 Å². The first-order valence-electron chi connectivity index (χ1n) is 10.9. The summed E-state index contributed by atoms with van der Waals surface area (Å²) in [5, 5.41) is 13.0. The largest absolute Gasteiger partial charge is 0.491 e. The first-order valence-corrected chi connectivity index (χ1v) is 11.7. The van der Waals surface area contributed by atoms with Crippen molar-refractivity contribution in [3.63, 3.8) is 0 Å². The Balaban J connectivity index is 2.31. The molecular formula is C25H21Cl2F5N2O3. The van der Waals surface area contributed by atoms with Crippen LogP contribution >= 0.6 is 23.2 Å². The fourth-order valence-corrected chi connectivity index (χ4v) is 5.07. The zero-order chi connectivity index (χ0) is 27.9. The summed E-state index contributed by atoms with van der Waals surface area (Å²) in [6.45, 7) is 5.41. The minimum atomic E-state index is -5.47. The van der Waals surface area contributed by atoms with Crippen molar-refractivity contribution in [3.8, 4) is 6.07 Å². The van der Waals surface area contributed by atoms with Crippen LogP contribution in [0.3, 0.4) is 0 Å². The number of nitrogens with zero attached hydrogens (tertiary/aromatic N) is 1. The maximum Gasteiger partial charge on any atom is 0.491 e. The SMILES string of the molecule is CC(C)(C)C[C@@H]1N[C@@H](C(=O)OC(=O)C(F)(F)F)[C@H](c2ccc(F)c(Cl)c2)[C@@]1(C#N)c1ccc(Cl)cc1F. The van der Waals surface area contributed by atoms with E-state index in [1.54, 1.807) is 20.8 Å². The summed E-state index contributed by atoms with van der Waals surface area (Å²) in [4.78, 5) is 24.5. The van der Waals surface area contributed by atoms with E-state index >= 15 is 4.39 Å². The van der Waals surface area contributed by atoms with Gasteiger partial charge in [-0.3, -0.25) is 5.32 Å². The number of ether oxygens (including phenoxy) is 1. The van der Waals surface area contributed by atoms with Gasteiger partial charge < -0.3 is 4.74 Å². The summed E-state index contributed by atoms with van der Waals surface area (Å²) < 4.78 is 72.1. The van der Waals surface area contributed by atoms with E-state index in [0.29, 0.717) is 0 Å². The predicted octanol–water partition coefficient (Wildman–Crippen LogP) is 6.23. The van der Waals surface area contributed by atoms with Crippen LogP contribution < -0.4 is 5.32 Å². The first kappa shape index (κ1) is 28.8. The Kier molecular flexibility index (Phi) is 7.94. The number of carbonyl (C=O) groups is 2. The fraction of sp³-hybridized carbons (Fsp3) is 0.400. The molecule has 0 saturated carbocycles. The Morgan fingerprint density at radius 1 is 1.08 bits per heavy atom. The molecule has 5 nitrogen and oxygen atoms in total. The van der Waals surface area contributed by atoms with Crippen LogP contribution in [-0.4, -0.2) is 30.2 Å². The number of hydrogen-bond donors (Lipinski definition) is 1. The quantitative estimate of drug-likeness (QED) is 0.271. The molecule has 4 atom stereocenters. The normalized spacial score (nSPS) is 24.0. The van der Waals surface area contributed by atoms with Crippen molar-refractivity contribution < 1.29 is 36.3 Å². The van der Waals surface area contributed by atoms with Gasteiger partial charge in [0.05, 0.1) is 11.1 Å². The number of nitriles is 1. The molecule has 1 saturated heterocycles. The van der Waals surface area contributed by atoms with E-state index in [1.165, 1.54) is 18.2 Å². The zero-order valence-electron chi connectivity index (χ0n) is 19.7. The van der Waals surface area contributed by atoms with Crippen LogP contribution in [0, 0.1) is 28.4 Å². The van der Waals surface area contributed by atoms with Crippen LogP contribution in [0.1, 0.15) is 44.2 Å². The van der Waals surface area contributed by atoms with Crippen molar-refractivity contribution in [2.24, 2.45) is 5.41 Å². The lowest BCUT2D eigenvalue weighted by molar-refractivity contribution is -0.202. The number of hydrogen-bond acceptors (Lipinski definition) is 5. The second kappa shape index (κ2) is 10.2. The fourth-order valence-electron chi connectivity index (χ4n) is 4.72. The Hall–Kier alpha value is -2.74. The van der Waals surface area contributed by atoms with Gasteiger partial charge in [0.25, 0.3) is 0 Å². The minimum absolute atomic E-state index is 0.0146. The molecule has 37 heavy (non-hydrogen) atoms. The van der Waals surface area contributed by atoms with Crippen molar-refractivity contribution in [2.75, 3.05) is 0 Å². The molecule has 1 fully saturated rings. The number of nitrogens with one attached hydrogen (secondary N) is 1. The maximum absolute atomic E-state index is 15.4. The molecule has 0 unspecified atom stereocenters. The van der Waals surface area contributed by atoms with Gasteiger partial charge in [0.1, 0.15) is 23.1 Å². The predicted molar refractivity (Wildman–Crippen MR) is 125 cm³/mol. The zero-order valence-corrected chi connectivity index (χ0v) is 21.2. The van der Waals surface area contributed by atoms with Crippen LogP contribution in [0.25, 0.3) is 0 Å². The summed E-state index contributed by atoms with van der Waals surface area (Å²) in [5.41, 5.74) is -2.65. The highest BCUT2D eigenvalue weighted by Crippen LogP contribution is 2.52. The molecule has 0 aliphatic carbocycles. The first-order chi connectivity index (χ1) is 17.0. The van der Waals surface area contributed by atoms with Gasteiger partial charge in [-0.25, -0.2) is 18.4 Å². The number of alkyl halides is 3. The molecule has 1 aliphatic heterocycles. The number of carbonyl (C=O) groups excluding carboxylic acids is 2. The van der Waals surface area contributed by atoms with Gasteiger partial charge in [-0.2, -0.15) is 18.4 Å². The van der Waals surface area contributed by atoms with E-state index in [4.69, 9.17) is 23.2 Å². The molecule has 0 amide bonds. The molecule has 1 heterocycles. The summed E-state index contributed by atoms with van der Waals surface area (Å²) in [7, 11) is 0. The molecule has 0 spiro atoms. The van der Waals surface area contributed by atoms with Gasteiger partial charge in [-0.1, -0.05) is 56.1 Å². The highest BCUT2D eigenvalue weighted by atomic mass is 35.5. The highest BCUT2D eigenvalue weighted by molar-refractivity contribution is 6.31. The molecule has 1 N–H and O–H groups in total. The summed E-state index contributed by atoms with van der Waals surface area (Å²) in [5.74, 6) is -7.59. The van der Waals surface area contributed by atoms with E-state index in [1.807, 2.05) is 0 Å². The lowest BCUT2D eigenvalue weighted by Crippen LogP contribution is -2.44. The van der Waals surface area contributed by atoms with Crippen molar-refractivity contribution in [1.29, 1.82) is 5.26 Å². The average Bonchev–Trinajstić information content (AvgIpc) is 3.08. The Morgan fingerprint density at radius 2 is 1.73 bits per heavy atom. The highest BCUT2D eigenvalue weighted by Gasteiger charge is 2.61. The third kappa shape index (κ3) is 5.74. The molecule has 2 aromatic rings. The van der Waals surface area contributed by atoms with E-state index in [2.05, 4.69) is 16.1 Å². The summed E-state index contributed by atoms with van der Waals surface area (Å²) >= 11 is 11.9. The van der Waals surface area contributed by atoms with Crippen molar-refractivity contribution in [3.05, 3.63) is 69.2 Å². The second-order valence-electron chi connectivity index (χ2n) is 9.92. The Labute approximate surface area is 219 Å². The van der Waals surface area contributed by atoms with Crippen LogP contribution in [0.2, 0.25) is 10.0 Å². The smallest absolute Gasteiger partial charge is 0.385 e. The van der Waals surface area contributed by atoms with Gasteiger partial charge in [0, 0.05) is 22.5 Å².